The average Bonchev–Trinajstić information content (AvgIpc) is 2.70. The van der Waals surface area contributed by atoms with Crippen molar-refractivity contribution in [3.63, 3.8) is 0 Å². The van der Waals surface area contributed by atoms with Crippen LogP contribution in [0, 0.1) is 21.7 Å². The van der Waals surface area contributed by atoms with E-state index in [0.717, 1.165) is 12.1 Å². The molecule has 1 aliphatic heterocycles. The number of nitrogens with one attached hydrogen (secondary N) is 2. The van der Waals surface area contributed by atoms with Gasteiger partial charge in [-0.25, -0.2) is 8.78 Å². The molecule has 2 aromatic rings. The Morgan fingerprint density at radius 1 is 1.24 bits per heavy atom. The number of nitrogens with zero attached hydrogens (tertiary/aromatic N) is 1. The maximum atomic E-state index is 13.6. The highest BCUT2D eigenvalue weighted by atomic mass is 35.5. The molecule has 1 saturated heterocycles. The number of benzene rings is 2. The van der Waals surface area contributed by atoms with Gasteiger partial charge in [-0.15, -0.1) is 12.4 Å². The van der Waals surface area contributed by atoms with Crippen LogP contribution in [0.15, 0.2) is 36.4 Å². The van der Waals surface area contributed by atoms with Gasteiger partial charge in [0.15, 0.2) is 17.4 Å². The molecule has 1 fully saturated rings. The summed E-state index contributed by atoms with van der Waals surface area (Å²) in [5, 5.41) is 17.0. The summed E-state index contributed by atoms with van der Waals surface area (Å²) in [6, 6.07) is 7.25. The van der Waals surface area contributed by atoms with Gasteiger partial charge >= 0.3 is 5.69 Å². The molecule has 2 atom stereocenters. The summed E-state index contributed by atoms with van der Waals surface area (Å²) in [4.78, 5) is 23.1. The van der Waals surface area contributed by atoms with Crippen LogP contribution in [-0.2, 0) is 0 Å². The largest absolute Gasteiger partial charge is 0.490 e. The maximum Gasteiger partial charge on any atom is 0.310 e. The lowest BCUT2D eigenvalue weighted by molar-refractivity contribution is -0.385. The molecule has 0 aromatic heterocycles. The fraction of sp³-hybridized carbons (Fsp3) is 0.316. The van der Waals surface area contributed by atoms with Crippen LogP contribution in [0.2, 0.25) is 0 Å². The lowest BCUT2D eigenvalue weighted by atomic mass is 9.85. The van der Waals surface area contributed by atoms with E-state index < -0.39 is 22.5 Å². The van der Waals surface area contributed by atoms with Gasteiger partial charge in [-0.3, -0.25) is 14.9 Å². The smallest absolute Gasteiger partial charge is 0.310 e. The first-order chi connectivity index (χ1) is 13.4. The molecule has 156 valence electrons. The SMILES string of the molecule is COc1cc(C(=O)NC2CNCCC2c2ccc(F)c(F)c2)ccc1[N+](=O)[O-].Cl. The third-order valence-electron chi connectivity index (χ3n) is 4.81. The minimum atomic E-state index is -0.929. The first-order valence-corrected chi connectivity index (χ1v) is 8.69. The molecule has 1 amide bonds. The van der Waals surface area contributed by atoms with Crippen LogP contribution >= 0.6 is 12.4 Å². The van der Waals surface area contributed by atoms with Gasteiger partial charge in [-0.05, 0) is 36.7 Å². The number of ether oxygens (including phenoxy) is 1. The van der Waals surface area contributed by atoms with Gasteiger partial charge in [0.2, 0.25) is 0 Å². The van der Waals surface area contributed by atoms with Crippen LogP contribution in [0.4, 0.5) is 14.5 Å². The van der Waals surface area contributed by atoms with Crippen molar-refractivity contribution < 1.29 is 23.2 Å². The third kappa shape index (κ3) is 4.99. The predicted molar refractivity (Wildman–Crippen MR) is 105 cm³/mol. The lowest BCUT2D eigenvalue weighted by Gasteiger charge is -2.33. The molecule has 1 aliphatic rings. The van der Waals surface area contributed by atoms with Gasteiger partial charge in [0, 0.05) is 36.2 Å². The van der Waals surface area contributed by atoms with Crippen molar-refractivity contribution in [1.82, 2.24) is 10.6 Å². The van der Waals surface area contributed by atoms with Crippen molar-refractivity contribution in [3.8, 4) is 5.75 Å². The molecule has 3 rings (SSSR count). The Bertz CT molecular complexity index is 913. The third-order valence-corrected chi connectivity index (χ3v) is 4.81. The Kier molecular flexibility index (Phi) is 7.46. The van der Waals surface area contributed by atoms with Crippen molar-refractivity contribution in [3.05, 3.63) is 69.3 Å². The average molecular weight is 428 g/mol. The monoisotopic (exact) mass is 427 g/mol. The van der Waals surface area contributed by atoms with E-state index in [4.69, 9.17) is 4.74 Å². The Morgan fingerprint density at radius 3 is 2.66 bits per heavy atom. The lowest BCUT2D eigenvalue weighted by Crippen LogP contribution is -2.50. The summed E-state index contributed by atoms with van der Waals surface area (Å²) in [6.07, 6.45) is 0.638. The van der Waals surface area contributed by atoms with Gasteiger partial charge < -0.3 is 15.4 Å². The number of hydrogen-bond acceptors (Lipinski definition) is 5. The van der Waals surface area contributed by atoms with Crippen molar-refractivity contribution >= 4 is 24.0 Å². The van der Waals surface area contributed by atoms with Crippen LogP contribution < -0.4 is 15.4 Å². The minimum absolute atomic E-state index is 0. The molecule has 0 saturated carbocycles. The first kappa shape index (κ1) is 22.5. The second-order valence-electron chi connectivity index (χ2n) is 6.50. The fourth-order valence-electron chi connectivity index (χ4n) is 3.37. The molecule has 10 heteroatoms. The Balaban J connectivity index is 0.00000300. The number of methoxy groups -OCH3 is 1. The van der Waals surface area contributed by atoms with Crippen molar-refractivity contribution in [2.75, 3.05) is 20.2 Å². The van der Waals surface area contributed by atoms with Crippen molar-refractivity contribution in [1.29, 1.82) is 0 Å². The van der Waals surface area contributed by atoms with E-state index in [9.17, 15) is 23.7 Å². The highest BCUT2D eigenvalue weighted by molar-refractivity contribution is 5.95. The summed E-state index contributed by atoms with van der Waals surface area (Å²) in [5.74, 6) is -2.50. The van der Waals surface area contributed by atoms with E-state index in [1.807, 2.05) is 0 Å². The molecular weight excluding hydrogens is 408 g/mol. The first-order valence-electron chi connectivity index (χ1n) is 8.69. The van der Waals surface area contributed by atoms with E-state index in [2.05, 4.69) is 10.6 Å². The molecule has 2 N–H and O–H groups in total. The number of piperidine rings is 1. The molecule has 2 aromatic carbocycles. The Morgan fingerprint density at radius 2 is 2.00 bits per heavy atom. The number of hydrogen-bond donors (Lipinski definition) is 2. The summed E-state index contributed by atoms with van der Waals surface area (Å²) in [6.45, 7) is 1.14. The standard InChI is InChI=1S/C19H19F2N3O4.ClH/c1-28-18-9-12(3-5-17(18)24(26)27)19(25)23-16-10-22-7-6-13(16)11-2-4-14(20)15(21)8-11;/h2-5,8-9,13,16,22H,6-7,10H2,1H3,(H,23,25);1H. The fourth-order valence-corrected chi connectivity index (χ4v) is 3.37. The van der Waals surface area contributed by atoms with Crippen LogP contribution in [0.3, 0.4) is 0 Å². The highest BCUT2D eigenvalue weighted by Crippen LogP contribution is 2.29. The zero-order chi connectivity index (χ0) is 20.3. The normalized spacial score (nSPS) is 18.4. The summed E-state index contributed by atoms with van der Waals surface area (Å²) in [5.41, 5.74) is 0.571. The number of nitro groups is 1. The second-order valence-corrected chi connectivity index (χ2v) is 6.50. The number of carbonyl (C=O) groups is 1. The summed E-state index contributed by atoms with van der Waals surface area (Å²) < 4.78 is 31.9. The van der Waals surface area contributed by atoms with Crippen molar-refractivity contribution in [2.24, 2.45) is 0 Å². The van der Waals surface area contributed by atoms with Gasteiger partial charge in [-0.2, -0.15) is 0 Å². The maximum absolute atomic E-state index is 13.6. The number of rotatable bonds is 5. The molecule has 0 bridgehead atoms. The summed E-state index contributed by atoms with van der Waals surface area (Å²) >= 11 is 0. The van der Waals surface area contributed by atoms with Crippen molar-refractivity contribution in [2.45, 2.75) is 18.4 Å². The van der Waals surface area contributed by atoms with E-state index >= 15 is 0 Å². The molecule has 2 unspecified atom stereocenters. The zero-order valence-electron chi connectivity index (χ0n) is 15.5. The number of halogens is 3. The molecule has 0 aliphatic carbocycles. The topological polar surface area (TPSA) is 93.5 Å². The molecule has 7 nitrogen and oxygen atoms in total. The van der Waals surface area contributed by atoms with E-state index in [-0.39, 0.29) is 41.4 Å². The Labute approximate surface area is 172 Å². The molecule has 1 heterocycles. The molecular formula is C19H20ClF2N3O4. The molecule has 0 radical (unpaired) electrons. The number of carbonyl (C=O) groups excluding carboxylic acids is 1. The van der Waals surface area contributed by atoms with Crippen LogP contribution in [0.1, 0.15) is 28.3 Å². The van der Waals surface area contributed by atoms with E-state index in [1.54, 1.807) is 0 Å². The van der Waals surface area contributed by atoms with Gasteiger partial charge in [-0.1, -0.05) is 6.07 Å². The van der Waals surface area contributed by atoms with Crippen LogP contribution in [0.25, 0.3) is 0 Å². The van der Waals surface area contributed by atoms with Crippen LogP contribution in [0.5, 0.6) is 5.75 Å². The minimum Gasteiger partial charge on any atom is -0.490 e. The molecule has 29 heavy (non-hydrogen) atoms. The van der Waals surface area contributed by atoms with Gasteiger partial charge in [0.05, 0.1) is 12.0 Å². The van der Waals surface area contributed by atoms with Gasteiger partial charge in [0.1, 0.15) is 0 Å². The van der Waals surface area contributed by atoms with E-state index in [0.29, 0.717) is 25.1 Å². The van der Waals surface area contributed by atoms with Crippen LogP contribution in [-0.4, -0.2) is 37.1 Å². The predicted octanol–water partition coefficient (Wildman–Crippen LogP) is 3.18. The summed E-state index contributed by atoms with van der Waals surface area (Å²) in [7, 11) is 1.29. The van der Waals surface area contributed by atoms with Gasteiger partial charge in [0.25, 0.3) is 5.91 Å². The quantitative estimate of drug-likeness (QED) is 0.564. The Hall–Kier alpha value is -2.78. The highest BCUT2D eigenvalue weighted by Gasteiger charge is 2.29. The second kappa shape index (κ2) is 9.62. The molecule has 0 spiro atoms. The number of nitro benzene ring substituents is 1. The zero-order valence-corrected chi connectivity index (χ0v) is 16.3. The van der Waals surface area contributed by atoms with E-state index in [1.165, 1.54) is 31.4 Å². The number of amides is 1.